The number of urea groups is 1. The Hall–Kier alpha value is -3.14. The van der Waals surface area contributed by atoms with E-state index in [0.29, 0.717) is 36.1 Å². The predicted octanol–water partition coefficient (Wildman–Crippen LogP) is 5.51. The van der Waals surface area contributed by atoms with Crippen molar-refractivity contribution in [2.24, 2.45) is 0 Å². The second-order valence-corrected chi connectivity index (χ2v) is 11.4. The number of aryl methyl sites for hydroxylation is 1. The number of amides is 2. The van der Waals surface area contributed by atoms with Crippen molar-refractivity contribution >= 4 is 35.2 Å². The average molecular weight is 587 g/mol. The van der Waals surface area contributed by atoms with Crippen LogP contribution >= 0.6 is 23.2 Å². The third-order valence-corrected chi connectivity index (χ3v) is 8.68. The van der Waals surface area contributed by atoms with E-state index in [2.05, 4.69) is 15.6 Å². The topological polar surface area (TPSA) is 89.3 Å². The van der Waals surface area contributed by atoms with Gasteiger partial charge in [0.25, 0.3) is 0 Å². The highest BCUT2D eigenvalue weighted by atomic mass is 35.5. The van der Waals surface area contributed by atoms with Gasteiger partial charge in [0.1, 0.15) is 13.1 Å². The van der Waals surface area contributed by atoms with Gasteiger partial charge in [0.2, 0.25) is 0 Å². The van der Waals surface area contributed by atoms with Crippen LogP contribution in [0, 0.1) is 0 Å². The smallest absolute Gasteiger partial charge is 0.338 e. The number of benzene rings is 2. The monoisotopic (exact) mass is 585 g/mol. The summed E-state index contributed by atoms with van der Waals surface area (Å²) in [6.45, 7) is 4.12. The number of carbonyl (C=O) groups is 2. The Labute approximate surface area is 244 Å². The van der Waals surface area contributed by atoms with E-state index in [-0.39, 0.29) is 28.7 Å². The Morgan fingerprint density at radius 3 is 2.73 bits per heavy atom. The van der Waals surface area contributed by atoms with Crippen LogP contribution in [0.2, 0.25) is 10.0 Å². The minimum absolute atomic E-state index is 0.0275. The lowest BCUT2D eigenvalue weighted by atomic mass is 9.89. The number of unbranched alkanes of at least 4 members (excludes halogenated alkanes) is 1. The first-order valence-corrected chi connectivity index (χ1v) is 14.6. The first kappa shape index (κ1) is 28.4. The van der Waals surface area contributed by atoms with E-state index in [1.807, 2.05) is 52.0 Å². The maximum Gasteiger partial charge on any atom is 0.363 e. The molecule has 1 N–H and O–H groups in total. The fourth-order valence-electron chi connectivity index (χ4n) is 6.08. The Kier molecular flexibility index (Phi) is 8.93. The largest absolute Gasteiger partial charge is 0.363 e. The van der Waals surface area contributed by atoms with Gasteiger partial charge in [-0.05, 0) is 43.5 Å². The van der Waals surface area contributed by atoms with E-state index in [9.17, 15) is 9.59 Å². The van der Waals surface area contributed by atoms with Crippen LogP contribution < -0.4 is 5.32 Å². The minimum Gasteiger partial charge on any atom is -0.338 e. The van der Waals surface area contributed by atoms with E-state index >= 15 is 0 Å². The zero-order valence-corrected chi connectivity index (χ0v) is 24.2. The quantitative estimate of drug-likeness (QED) is 0.264. The lowest BCUT2D eigenvalue weighted by Crippen LogP contribution is -2.61. The number of carbonyl (C=O) groups excluding carboxylic acids is 2. The number of hydrogen-bond acceptors (Lipinski definition) is 5. The van der Waals surface area contributed by atoms with Gasteiger partial charge in [-0.2, -0.15) is 0 Å². The number of hydroxylamine groups is 3. The Bertz CT molecular complexity index is 1340. The SMILES string of the molecule is CC(=O)O[N@+]1(CCCCc2cnnn2-c2ccccc2)CCC(N2CCCNC2=O)C[C@H]1c1ccc(Cl)c(Cl)c1. The van der Waals surface area contributed by atoms with Gasteiger partial charge >= 0.3 is 12.0 Å². The molecule has 2 fully saturated rings. The summed E-state index contributed by atoms with van der Waals surface area (Å²) >= 11 is 12.7. The predicted molar refractivity (Wildman–Crippen MR) is 153 cm³/mol. The molecule has 3 aromatic rings. The fourth-order valence-corrected chi connectivity index (χ4v) is 6.38. The zero-order chi connectivity index (χ0) is 28.1. The van der Waals surface area contributed by atoms with E-state index in [1.54, 1.807) is 12.3 Å². The van der Waals surface area contributed by atoms with Crippen molar-refractivity contribution in [1.82, 2.24) is 25.2 Å². The first-order chi connectivity index (χ1) is 19.4. The number of quaternary nitrogens is 1. The van der Waals surface area contributed by atoms with Gasteiger partial charge in [-0.3, -0.25) is 4.84 Å². The Morgan fingerprint density at radius 2 is 1.98 bits per heavy atom. The minimum atomic E-state index is -0.328. The van der Waals surface area contributed by atoms with Gasteiger partial charge in [-0.25, -0.2) is 14.3 Å². The number of rotatable bonds is 9. The van der Waals surface area contributed by atoms with E-state index < -0.39 is 0 Å². The van der Waals surface area contributed by atoms with E-state index in [0.717, 1.165) is 55.6 Å². The molecule has 0 radical (unpaired) electrons. The van der Waals surface area contributed by atoms with Crippen LogP contribution in [0.3, 0.4) is 0 Å². The number of halogens is 2. The molecular weight excluding hydrogens is 551 g/mol. The van der Waals surface area contributed by atoms with Gasteiger partial charge in [0.05, 0.1) is 27.6 Å². The molecule has 9 nitrogen and oxygen atoms in total. The lowest BCUT2D eigenvalue weighted by molar-refractivity contribution is -1.12. The fraction of sp³-hybridized carbons (Fsp3) is 0.448. The Morgan fingerprint density at radius 1 is 1.15 bits per heavy atom. The molecule has 0 bridgehead atoms. The highest BCUT2D eigenvalue weighted by molar-refractivity contribution is 6.42. The summed E-state index contributed by atoms with van der Waals surface area (Å²) in [5, 5.41) is 12.3. The number of piperidine rings is 1. The molecule has 3 atom stereocenters. The summed E-state index contributed by atoms with van der Waals surface area (Å²) in [7, 11) is 0. The number of hydrogen-bond donors (Lipinski definition) is 1. The second-order valence-electron chi connectivity index (χ2n) is 10.6. The highest BCUT2D eigenvalue weighted by Gasteiger charge is 2.49. The van der Waals surface area contributed by atoms with Gasteiger partial charge in [0.15, 0.2) is 6.04 Å². The van der Waals surface area contributed by atoms with Crippen LogP contribution in [0.5, 0.6) is 0 Å². The molecule has 2 aromatic carbocycles. The summed E-state index contributed by atoms with van der Waals surface area (Å²) in [6, 6.07) is 15.4. The lowest BCUT2D eigenvalue weighted by Gasteiger charge is -2.48. The molecule has 2 amide bonds. The van der Waals surface area contributed by atoms with Crippen molar-refractivity contribution in [3.05, 3.63) is 76.0 Å². The van der Waals surface area contributed by atoms with E-state index in [4.69, 9.17) is 28.0 Å². The zero-order valence-electron chi connectivity index (χ0n) is 22.6. The number of nitrogens with one attached hydrogen (secondary N) is 1. The summed E-state index contributed by atoms with van der Waals surface area (Å²) < 4.78 is 2.03. The molecule has 2 aliphatic heterocycles. The number of nitrogens with zero attached hydrogens (tertiary/aromatic N) is 5. The highest BCUT2D eigenvalue weighted by Crippen LogP contribution is 2.42. The molecule has 2 aliphatic rings. The van der Waals surface area contributed by atoms with Crippen molar-refractivity contribution < 1.29 is 19.1 Å². The standard InChI is InChI=1S/C29H34Cl2N6O3/c1-21(38)40-37(16-6-5-10-25-20-33-34-36(25)23-8-3-2-4-9-23)17-13-24(35-15-7-14-32-29(35)39)19-28(37)22-11-12-26(30)27(31)18-22/h2-4,8-9,11-12,18,20,24,28H,5-7,10,13-17,19H2,1H3/p+1/t24?,28-,37+/m0/s1. The molecule has 3 heterocycles. The van der Waals surface area contributed by atoms with Gasteiger partial charge in [0, 0.05) is 50.9 Å². The molecule has 11 heteroatoms. The molecule has 0 saturated carbocycles. The van der Waals surface area contributed by atoms with Gasteiger partial charge in [-0.15, -0.1) is 9.75 Å². The molecule has 40 heavy (non-hydrogen) atoms. The maximum absolute atomic E-state index is 12.7. The summed E-state index contributed by atoms with van der Waals surface area (Å²) in [5.74, 6) is -0.328. The summed E-state index contributed by atoms with van der Waals surface area (Å²) in [4.78, 5) is 33.3. The number of aromatic nitrogens is 3. The molecule has 1 unspecified atom stereocenters. The molecule has 212 valence electrons. The summed E-state index contributed by atoms with van der Waals surface area (Å²) in [6.07, 6.45) is 6.59. The number of para-hydroxylation sites is 1. The van der Waals surface area contributed by atoms with Crippen molar-refractivity contribution in [1.29, 1.82) is 0 Å². The van der Waals surface area contributed by atoms with Crippen LogP contribution in [0.15, 0.2) is 54.7 Å². The van der Waals surface area contributed by atoms with Gasteiger partial charge < -0.3 is 10.2 Å². The van der Waals surface area contributed by atoms with Crippen LogP contribution in [-0.2, 0) is 16.1 Å². The van der Waals surface area contributed by atoms with Crippen molar-refractivity contribution in [3.63, 3.8) is 0 Å². The Balaban J connectivity index is 1.36. The third kappa shape index (κ3) is 6.27. The second kappa shape index (κ2) is 12.6. The molecule has 5 rings (SSSR count). The normalized spacial score (nSPS) is 23.1. The van der Waals surface area contributed by atoms with Crippen LogP contribution in [0.4, 0.5) is 4.79 Å². The van der Waals surface area contributed by atoms with Gasteiger partial charge in [-0.1, -0.05) is 52.7 Å². The molecule has 2 saturated heterocycles. The molecular formula is C29H35Cl2N6O3+. The van der Waals surface area contributed by atoms with Crippen LogP contribution in [-0.4, -0.2) is 68.8 Å². The third-order valence-electron chi connectivity index (χ3n) is 7.94. The van der Waals surface area contributed by atoms with Crippen LogP contribution in [0.25, 0.3) is 5.69 Å². The molecule has 0 aliphatic carbocycles. The van der Waals surface area contributed by atoms with Crippen molar-refractivity contribution in [2.75, 3.05) is 26.2 Å². The van der Waals surface area contributed by atoms with Crippen molar-refractivity contribution in [2.45, 2.75) is 57.5 Å². The maximum atomic E-state index is 12.7. The molecule has 0 spiro atoms. The van der Waals surface area contributed by atoms with E-state index in [1.165, 1.54) is 6.92 Å². The van der Waals surface area contributed by atoms with Crippen molar-refractivity contribution in [3.8, 4) is 5.69 Å². The summed E-state index contributed by atoms with van der Waals surface area (Å²) in [5.41, 5.74) is 2.95. The molecule has 1 aromatic heterocycles. The average Bonchev–Trinajstić information content (AvgIpc) is 3.42. The number of likely N-dealkylation sites (tertiary alicyclic amines) is 1. The first-order valence-electron chi connectivity index (χ1n) is 13.9. The van der Waals surface area contributed by atoms with Crippen LogP contribution in [0.1, 0.15) is 56.3 Å².